The third kappa shape index (κ3) is 2.31. The van der Waals surface area contributed by atoms with Crippen molar-refractivity contribution in [1.82, 2.24) is 4.57 Å². The molecule has 6 heteroatoms. The Hall–Kier alpha value is -2.14. The van der Waals surface area contributed by atoms with E-state index in [0.717, 1.165) is 0 Å². The summed E-state index contributed by atoms with van der Waals surface area (Å²) >= 11 is 5.82. The van der Waals surface area contributed by atoms with Crippen LogP contribution in [-0.2, 0) is 11.8 Å². The van der Waals surface area contributed by atoms with Gasteiger partial charge >= 0.3 is 5.97 Å². The third-order valence-corrected chi connectivity index (χ3v) is 4.25. The molecule has 1 atom stereocenters. The van der Waals surface area contributed by atoms with Gasteiger partial charge in [-0.15, -0.1) is 0 Å². The highest BCUT2D eigenvalue weighted by Crippen LogP contribution is 2.37. The molecule has 114 valence electrons. The van der Waals surface area contributed by atoms with E-state index in [9.17, 15) is 14.0 Å². The number of benzene rings is 1. The van der Waals surface area contributed by atoms with Crippen molar-refractivity contribution in [1.29, 1.82) is 0 Å². The lowest BCUT2D eigenvalue weighted by Crippen LogP contribution is -2.32. The van der Waals surface area contributed by atoms with Gasteiger partial charge in [0.15, 0.2) is 0 Å². The number of esters is 1. The summed E-state index contributed by atoms with van der Waals surface area (Å²) in [6.07, 6.45) is 0.0211. The summed E-state index contributed by atoms with van der Waals surface area (Å²) in [5, 5.41) is -0.0399. The minimum Gasteiger partial charge on any atom is -0.426 e. The van der Waals surface area contributed by atoms with Crippen LogP contribution in [-0.4, -0.2) is 10.5 Å². The molecule has 1 aliphatic rings. The lowest BCUT2D eigenvalue weighted by atomic mass is 9.87. The van der Waals surface area contributed by atoms with E-state index in [1.54, 1.807) is 20.0 Å². The fourth-order valence-electron chi connectivity index (χ4n) is 2.66. The predicted molar refractivity (Wildman–Crippen MR) is 79.9 cm³/mol. The van der Waals surface area contributed by atoms with Crippen LogP contribution < -0.4 is 10.3 Å². The molecule has 1 aliphatic heterocycles. The van der Waals surface area contributed by atoms with Crippen molar-refractivity contribution in [2.24, 2.45) is 7.05 Å². The summed E-state index contributed by atoms with van der Waals surface area (Å²) in [5.41, 5.74) is 1.47. The van der Waals surface area contributed by atoms with Gasteiger partial charge in [0.25, 0.3) is 5.56 Å². The van der Waals surface area contributed by atoms with Crippen molar-refractivity contribution in [2.75, 3.05) is 0 Å². The summed E-state index contributed by atoms with van der Waals surface area (Å²) < 4.78 is 20.0. The maximum Gasteiger partial charge on any atom is 0.312 e. The van der Waals surface area contributed by atoms with Gasteiger partial charge in [0.2, 0.25) is 0 Å². The first-order valence-electron chi connectivity index (χ1n) is 6.74. The van der Waals surface area contributed by atoms with Crippen molar-refractivity contribution in [3.05, 3.63) is 62.3 Å². The normalized spacial score (nSPS) is 17.1. The molecule has 1 aromatic carbocycles. The molecule has 0 spiro atoms. The molecule has 4 nitrogen and oxygen atoms in total. The van der Waals surface area contributed by atoms with Gasteiger partial charge in [-0.25, -0.2) is 4.39 Å². The van der Waals surface area contributed by atoms with Gasteiger partial charge in [-0.1, -0.05) is 17.7 Å². The molecule has 3 rings (SSSR count). The second-order valence-corrected chi connectivity index (χ2v) is 5.74. The highest BCUT2D eigenvalue weighted by Gasteiger charge is 2.32. The largest absolute Gasteiger partial charge is 0.426 e. The second-order valence-electron chi connectivity index (χ2n) is 5.33. The van der Waals surface area contributed by atoms with E-state index in [4.69, 9.17) is 16.3 Å². The number of hydrogen-bond acceptors (Lipinski definition) is 3. The van der Waals surface area contributed by atoms with Gasteiger partial charge in [-0.2, -0.15) is 0 Å². The quantitative estimate of drug-likeness (QED) is 0.759. The van der Waals surface area contributed by atoms with Crippen LogP contribution in [0, 0.1) is 12.7 Å². The molecular weight excluding hydrogens is 309 g/mol. The summed E-state index contributed by atoms with van der Waals surface area (Å²) in [5.74, 6) is -1.19. The fraction of sp³-hybridized carbons (Fsp3) is 0.250. The Balaban J connectivity index is 2.23. The number of fused-ring (bicyclic) bond motifs is 1. The van der Waals surface area contributed by atoms with E-state index in [1.807, 2.05) is 0 Å². The predicted octanol–water partition coefficient (Wildman–Crippen LogP) is 2.93. The van der Waals surface area contributed by atoms with E-state index in [2.05, 4.69) is 0 Å². The van der Waals surface area contributed by atoms with Crippen molar-refractivity contribution in [3.63, 3.8) is 0 Å². The van der Waals surface area contributed by atoms with Crippen molar-refractivity contribution < 1.29 is 13.9 Å². The number of hydrogen-bond donors (Lipinski definition) is 0. The summed E-state index contributed by atoms with van der Waals surface area (Å²) in [7, 11) is 1.66. The van der Waals surface area contributed by atoms with Crippen LogP contribution in [0.5, 0.6) is 5.75 Å². The Kier molecular flexibility index (Phi) is 3.53. The zero-order valence-corrected chi connectivity index (χ0v) is 12.8. The van der Waals surface area contributed by atoms with Crippen molar-refractivity contribution in [3.8, 4) is 5.75 Å². The molecule has 0 N–H and O–H groups in total. The van der Waals surface area contributed by atoms with Crippen LogP contribution in [0.4, 0.5) is 4.39 Å². The monoisotopic (exact) mass is 321 g/mol. The Labute approximate surface area is 131 Å². The summed E-state index contributed by atoms with van der Waals surface area (Å²) in [6.45, 7) is 1.76. The number of aromatic nitrogens is 1. The van der Waals surface area contributed by atoms with Crippen molar-refractivity contribution >= 4 is 17.6 Å². The fourth-order valence-corrected chi connectivity index (χ4v) is 2.85. The molecule has 0 radical (unpaired) electrons. The van der Waals surface area contributed by atoms with Crippen LogP contribution in [0.25, 0.3) is 0 Å². The molecular formula is C16H13ClFNO3. The van der Waals surface area contributed by atoms with Crippen molar-refractivity contribution in [2.45, 2.75) is 19.3 Å². The van der Waals surface area contributed by atoms with Gasteiger partial charge in [0, 0.05) is 24.7 Å². The number of carbonyl (C=O) groups excluding carboxylic acids is 1. The van der Waals surface area contributed by atoms with E-state index >= 15 is 0 Å². The number of aryl methyl sites for hydroxylation is 1. The van der Waals surface area contributed by atoms with Crippen LogP contribution in [0.1, 0.15) is 29.2 Å². The minimum absolute atomic E-state index is 0.0211. The maximum absolute atomic E-state index is 13.3. The highest BCUT2D eigenvalue weighted by molar-refractivity contribution is 6.30. The number of carbonyl (C=O) groups is 1. The molecule has 2 aromatic rings. The first-order valence-corrected chi connectivity index (χ1v) is 7.12. The van der Waals surface area contributed by atoms with Gasteiger partial charge in [0.05, 0.1) is 17.0 Å². The van der Waals surface area contributed by atoms with E-state index < -0.39 is 17.7 Å². The molecule has 22 heavy (non-hydrogen) atoms. The minimum atomic E-state index is -0.541. The standard InChI is InChI=1S/C16H13ClFNO3/c1-8-5-13-15(16(21)19(8)2)10(7-14(20)22-13)9-3-4-12(18)11(17)6-9/h3-6,10H,7H2,1-2H3/t10-/m0/s1. The average Bonchev–Trinajstić information content (AvgIpc) is 2.46. The lowest BCUT2D eigenvalue weighted by molar-refractivity contribution is -0.135. The number of halogens is 2. The zero-order valence-electron chi connectivity index (χ0n) is 12.0. The second kappa shape index (κ2) is 5.25. The number of nitrogens with zero attached hydrogens (tertiary/aromatic N) is 1. The molecule has 0 unspecified atom stereocenters. The lowest BCUT2D eigenvalue weighted by Gasteiger charge is -2.25. The Bertz CT molecular complexity index is 844. The SMILES string of the molecule is Cc1cc2c(c(=O)n1C)[C@H](c1ccc(F)c(Cl)c1)CC(=O)O2. The molecule has 0 bridgehead atoms. The average molecular weight is 322 g/mol. The number of pyridine rings is 1. The zero-order chi connectivity index (χ0) is 16.0. The smallest absolute Gasteiger partial charge is 0.312 e. The molecule has 1 aromatic heterocycles. The van der Waals surface area contributed by atoms with Crippen LogP contribution in [0.2, 0.25) is 5.02 Å². The Morgan fingerprint density at radius 1 is 1.32 bits per heavy atom. The number of ether oxygens (including phenoxy) is 1. The molecule has 0 fully saturated rings. The van der Waals surface area contributed by atoms with Crippen LogP contribution in [0.3, 0.4) is 0 Å². The van der Waals surface area contributed by atoms with Crippen LogP contribution in [0.15, 0.2) is 29.1 Å². The van der Waals surface area contributed by atoms with Gasteiger partial charge in [-0.3, -0.25) is 9.59 Å². The van der Waals surface area contributed by atoms with Crippen LogP contribution >= 0.6 is 11.6 Å². The molecule has 0 aliphatic carbocycles. The summed E-state index contributed by atoms with van der Waals surface area (Å²) in [4.78, 5) is 24.4. The first-order chi connectivity index (χ1) is 10.4. The third-order valence-electron chi connectivity index (χ3n) is 3.96. The van der Waals surface area contributed by atoms with E-state index in [0.29, 0.717) is 16.8 Å². The molecule has 0 saturated carbocycles. The number of rotatable bonds is 1. The molecule has 2 heterocycles. The van der Waals surface area contributed by atoms with Gasteiger partial charge < -0.3 is 9.30 Å². The topological polar surface area (TPSA) is 48.3 Å². The van der Waals surface area contributed by atoms with E-state index in [1.165, 1.54) is 22.8 Å². The van der Waals surface area contributed by atoms with Gasteiger partial charge in [0.1, 0.15) is 11.6 Å². The maximum atomic E-state index is 13.3. The Morgan fingerprint density at radius 3 is 2.73 bits per heavy atom. The first kappa shape index (κ1) is 14.8. The van der Waals surface area contributed by atoms with Gasteiger partial charge in [-0.05, 0) is 24.6 Å². The Morgan fingerprint density at radius 2 is 2.05 bits per heavy atom. The molecule has 0 amide bonds. The van der Waals surface area contributed by atoms with E-state index in [-0.39, 0.29) is 22.8 Å². The highest BCUT2D eigenvalue weighted by atomic mass is 35.5. The molecule has 0 saturated heterocycles. The summed E-state index contributed by atoms with van der Waals surface area (Å²) in [6, 6.07) is 5.87.